The van der Waals surface area contributed by atoms with Crippen LogP contribution in [0.2, 0.25) is 15.1 Å². The second kappa shape index (κ2) is 11.7. The van der Waals surface area contributed by atoms with Crippen molar-refractivity contribution in [3.05, 3.63) is 117 Å². The molecule has 4 aromatic rings. The molecule has 1 atom stereocenters. The largest absolute Gasteiger partial charge is 0.335 e. The van der Waals surface area contributed by atoms with Crippen LogP contribution in [0, 0.1) is 11.3 Å². The zero-order chi connectivity index (χ0) is 25.5. The standard InChI is InChI=1S/C26H19Cl3N6O/c27-19-4-7-21(8-5-19)32-26(34-25(36)18-3-1-2-17(12-18)14-30)33-24(15-35-11-10-31-16-35)22-9-6-20(28)13-23(22)29/h1-13,16,24H,15H2,(H2,32,33,34,36)/t24-/m1/s1. The second-order valence-electron chi connectivity index (χ2n) is 7.70. The molecule has 0 unspecified atom stereocenters. The van der Waals surface area contributed by atoms with Gasteiger partial charge in [-0.05, 0) is 60.2 Å². The number of carbonyl (C=O) groups is 1. The molecule has 0 saturated carbocycles. The van der Waals surface area contributed by atoms with E-state index in [0.29, 0.717) is 44.0 Å². The summed E-state index contributed by atoms with van der Waals surface area (Å²) in [5.41, 5.74) is 2.06. The molecule has 1 aromatic heterocycles. The molecule has 4 rings (SSSR count). The van der Waals surface area contributed by atoms with Crippen molar-refractivity contribution in [1.29, 1.82) is 5.26 Å². The van der Waals surface area contributed by atoms with Crippen molar-refractivity contribution in [1.82, 2.24) is 14.9 Å². The first-order chi connectivity index (χ1) is 17.4. The number of rotatable bonds is 6. The number of guanidine groups is 1. The molecule has 180 valence electrons. The molecule has 0 fully saturated rings. The van der Waals surface area contributed by atoms with Crippen molar-refractivity contribution >= 4 is 52.4 Å². The molecule has 0 aliphatic heterocycles. The van der Waals surface area contributed by atoms with Crippen molar-refractivity contribution in [2.75, 3.05) is 5.32 Å². The fourth-order valence-corrected chi connectivity index (χ4v) is 4.07. The van der Waals surface area contributed by atoms with E-state index in [1.807, 2.05) is 16.8 Å². The number of anilines is 1. The summed E-state index contributed by atoms with van der Waals surface area (Å²) in [7, 11) is 0. The third-order valence-electron chi connectivity index (χ3n) is 5.14. The molecule has 36 heavy (non-hydrogen) atoms. The van der Waals surface area contributed by atoms with Crippen LogP contribution in [-0.4, -0.2) is 21.4 Å². The number of nitriles is 1. The van der Waals surface area contributed by atoms with E-state index < -0.39 is 11.9 Å². The lowest BCUT2D eigenvalue weighted by molar-refractivity contribution is 0.0976. The van der Waals surface area contributed by atoms with Crippen LogP contribution in [0.3, 0.4) is 0 Å². The normalized spacial score (nSPS) is 12.0. The minimum atomic E-state index is -0.510. The van der Waals surface area contributed by atoms with E-state index in [9.17, 15) is 10.1 Å². The van der Waals surface area contributed by atoms with E-state index in [2.05, 4.69) is 15.6 Å². The zero-order valence-electron chi connectivity index (χ0n) is 18.7. The van der Waals surface area contributed by atoms with Gasteiger partial charge in [-0.25, -0.2) is 9.98 Å². The van der Waals surface area contributed by atoms with Gasteiger partial charge in [0.15, 0.2) is 0 Å². The molecule has 0 aliphatic rings. The van der Waals surface area contributed by atoms with Crippen molar-refractivity contribution in [2.24, 2.45) is 4.99 Å². The van der Waals surface area contributed by atoms with Crippen molar-refractivity contribution < 1.29 is 4.79 Å². The molecular formula is C26H19Cl3N6O. The number of imidazole rings is 1. The summed E-state index contributed by atoms with van der Waals surface area (Å²) in [6.07, 6.45) is 5.15. The first kappa shape index (κ1) is 25.3. The zero-order valence-corrected chi connectivity index (χ0v) is 21.0. The molecule has 7 nitrogen and oxygen atoms in total. The monoisotopic (exact) mass is 536 g/mol. The van der Waals surface area contributed by atoms with Crippen LogP contribution in [0.25, 0.3) is 0 Å². The van der Waals surface area contributed by atoms with Crippen LogP contribution in [0.5, 0.6) is 0 Å². The third-order valence-corrected chi connectivity index (χ3v) is 5.96. The minimum Gasteiger partial charge on any atom is -0.335 e. The molecule has 0 radical (unpaired) electrons. The molecule has 1 amide bonds. The van der Waals surface area contributed by atoms with Gasteiger partial charge in [-0.3, -0.25) is 10.1 Å². The predicted molar refractivity (Wildman–Crippen MR) is 143 cm³/mol. The van der Waals surface area contributed by atoms with Gasteiger partial charge in [-0.15, -0.1) is 0 Å². The number of nitrogens with one attached hydrogen (secondary N) is 2. The predicted octanol–water partition coefficient (Wildman–Crippen LogP) is 6.35. The first-order valence-corrected chi connectivity index (χ1v) is 11.9. The SMILES string of the molecule is N#Cc1cccc(C(=O)NC(=N[C@H](Cn2ccnc2)c2ccc(Cl)cc2Cl)Nc2ccc(Cl)cc2)c1. The van der Waals surface area contributed by atoms with Crippen LogP contribution in [0.1, 0.15) is 27.5 Å². The van der Waals surface area contributed by atoms with Crippen molar-refractivity contribution in [3.63, 3.8) is 0 Å². The quantitative estimate of drug-likeness (QED) is 0.221. The summed E-state index contributed by atoms with van der Waals surface area (Å²) >= 11 is 18.7. The number of aliphatic imine (C=N–C) groups is 1. The van der Waals surface area contributed by atoms with Crippen molar-refractivity contribution in [3.8, 4) is 6.07 Å². The maximum absolute atomic E-state index is 13.1. The maximum atomic E-state index is 13.1. The number of amides is 1. The van der Waals surface area contributed by atoms with Gasteiger partial charge in [0.1, 0.15) is 0 Å². The Morgan fingerprint density at radius 1 is 1.06 bits per heavy atom. The highest BCUT2D eigenvalue weighted by Gasteiger charge is 2.18. The summed E-state index contributed by atoms with van der Waals surface area (Å²) in [5.74, 6) is -0.253. The fourth-order valence-electron chi connectivity index (χ4n) is 3.41. The second-order valence-corrected chi connectivity index (χ2v) is 8.98. The summed E-state index contributed by atoms with van der Waals surface area (Å²) in [6, 6.07) is 20.1. The van der Waals surface area contributed by atoms with E-state index in [1.54, 1.807) is 73.2 Å². The lowest BCUT2D eigenvalue weighted by Gasteiger charge is -2.19. The van der Waals surface area contributed by atoms with Crippen LogP contribution in [0.15, 0.2) is 90.4 Å². The van der Waals surface area contributed by atoms with Crippen LogP contribution in [0.4, 0.5) is 5.69 Å². The third kappa shape index (κ3) is 6.64. The van der Waals surface area contributed by atoms with E-state index in [1.165, 1.54) is 6.07 Å². The van der Waals surface area contributed by atoms with Gasteiger partial charge in [-0.2, -0.15) is 5.26 Å². The molecule has 1 heterocycles. The van der Waals surface area contributed by atoms with Crippen LogP contribution in [-0.2, 0) is 6.54 Å². The Hall–Kier alpha value is -3.83. The van der Waals surface area contributed by atoms with Crippen molar-refractivity contribution in [2.45, 2.75) is 12.6 Å². The number of hydrogen-bond donors (Lipinski definition) is 2. The topological polar surface area (TPSA) is 95.1 Å². The highest BCUT2D eigenvalue weighted by Crippen LogP contribution is 2.30. The molecule has 0 aliphatic carbocycles. The number of nitrogens with zero attached hydrogens (tertiary/aromatic N) is 4. The van der Waals surface area contributed by atoms with E-state index in [4.69, 9.17) is 39.8 Å². The number of carbonyl (C=O) groups excluding carboxylic acids is 1. The Morgan fingerprint density at radius 3 is 2.53 bits per heavy atom. The highest BCUT2D eigenvalue weighted by molar-refractivity contribution is 6.35. The van der Waals surface area contributed by atoms with E-state index in [0.717, 1.165) is 0 Å². The Kier molecular flexibility index (Phi) is 8.24. The average Bonchev–Trinajstić information content (AvgIpc) is 3.38. The van der Waals surface area contributed by atoms with E-state index >= 15 is 0 Å². The van der Waals surface area contributed by atoms with Gasteiger partial charge < -0.3 is 9.88 Å². The number of aromatic nitrogens is 2. The summed E-state index contributed by atoms with van der Waals surface area (Å²) in [6.45, 7) is 0.396. The number of halogens is 3. The Morgan fingerprint density at radius 2 is 1.83 bits per heavy atom. The Balaban J connectivity index is 1.73. The molecule has 0 spiro atoms. The maximum Gasteiger partial charge on any atom is 0.258 e. The molecule has 3 aromatic carbocycles. The van der Waals surface area contributed by atoms with Gasteiger partial charge in [-0.1, -0.05) is 46.9 Å². The lowest BCUT2D eigenvalue weighted by Crippen LogP contribution is -2.36. The smallest absolute Gasteiger partial charge is 0.258 e. The number of benzene rings is 3. The van der Waals surface area contributed by atoms with Crippen LogP contribution >= 0.6 is 34.8 Å². The Bertz CT molecular complexity index is 1430. The minimum absolute atomic E-state index is 0.181. The van der Waals surface area contributed by atoms with Gasteiger partial charge in [0.2, 0.25) is 5.96 Å². The van der Waals surface area contributed by atoms with Crippen LogP contribution < -0.4 is 10.6 Å². The fraction of sp³-hybridized carbons (Fsp3) is 0.0769. The Labute approximate surface area is 223 Å². The molecular weight excluding hydrogens is 519 g/mol. The van der Waals surface area contributed by atoms with Gasteiger partial charge in [0.05, 0.1) is 30.5 Å². The molecule has 10 heteroatoms. The summed E-state index contributed by atoms with van der Waals surface area (Å²) in [4.78, 5) is 22.0. The first-order valence-electron chi connectivity index (χ1n) is 10.7. The van der Waals surface area contributed by atoms with Gasteiger partial charge in [0, 0.05) is 38.7 Å². The highest BCUT2D eigenvalue weighted by atomic mass is 35.5. The van der Waals surface area contributed by atoms with Gasteiger partial charge in [0.25, 0.3) is 5.91 Å². The summed E-state index contributed by atoms with van der Waals surface area (Å²) in [5, 5.41) is 16.7. The van der Waals surface area contributed by atoms with E-state index in [-0.39, 0.29) is 5.96 Å². The number of hydrogen-bond acceptors (Lipinski definition) is 4. The lowest BCUT2D eigenvalue weighted by atomic mass is 10.1. The molecule has 0 bridgehead atoms. The summed E-state index contributed by atoms with van der Waals surface area (Å²) < 4.78 is 1.86. The molecule has 0 saturated heterocycles. The van der Waals surface area contributed by atoms with Gasteiger partial charge >= 0.3 is 0 Å². The molecule has 2 N–H and O–H groups in total. The average molecular weight is 538 g/mol.